The van der Waals surface area contributed by atoms with Crippen LogP contribution in [0.4, 0.5) is 0 Å². The summed E-state index contributed by atoms with van der Waals surface area (Å²) >= 11 is 0. The molecule has 0 aliphatic rings. The number of pyridine rings is 1. The van der Waals surface area contributed by atoms with Gasteiger partial charge in [0.2, 0.25) is 0 Å². The number of nitrogens with zero attached hydrogens (tertiary/aromatic N) is 2. The Balaban J connectivity index is 2.53. The molecule has 0 spiro atoms. The lowest BCUT2D eigenvalue weighted by molar-refractivity contribution is 0.111. The highest BCUT2D eigenvalue weighted by Crippen LogP contribution is 2.31. The largest absolute Gasteiger partial charge is 0.337 e. The number of para-hydroxylation sites is 1. The summed E-state index contributed by atoms with van der Waals surface area (Å²) in [5, 5.41) is 2.27. The zero-order valence-electron chi connectivity index (χ0n) is 10.4. The van der Waals surface area contributed by atoms with E-state index in [1.54, 1.807) is 6.20 Å². The monoisotopic (exact) mass is 238 g/mol. The van der Waals surface area contributed by atoms with Crippen molar-refractivity contribution in [1.82, 2.24) is 9.55 Å². The summed E-state index contributed by atoms with van der Waals surface area (Å²) < 4.78 is 2.26. The third-order valence-electron chi connectivity index (χ3n) is 3.25. The Morgan fingerprint density at radius 3 is 2.67 bits per heavy atom. The Hall–Kier alpha value is -2.16. The van der Waals surface area contributed by atoms with Gasteiger partial charge in [-0.15, -0.1) is 0 Å². The number of aromatic nitrogens is 2. The molecule has 0 unspecified atom stereocenters. The van der Waals surface area contributed by atoms with Crippen molar-refractivity contribution in [3.63, 3.8) is 0 Å². The third-order valence-corrected chi connectivity index (χ3v) is 3.25. The van der Waals surface area contributed by atoms with Crippen LogP contribution in [0.15, 0.2) is 36.5 Å². The molecule has 2 heterocycles. The number of aldehydes is 1. The molecule has 0 bridgehead atoms. The fraction of sp³-hybridized carbons (Fsp3) is 0.200. The second kappa shape index (κ2) is 3.95. The maximum Gasteiger partial charge on any atom is 0.168 e. The maximum absolute atomic E-state index is 10.9. The van der Waals surface area contributed by atoms with Crippen LogP contribution in [0.1, 0.15) is 30.4 Å². The molecule has 3 rings (SSSR count). The van der Waals surface area contributed by atoms with Crippen molar-refractivity contribution >= 4 is 28.1 Å². The van der Waals surface area contributed by atoms with E-state index in [1.807, 2.05) is 18.2 Å². The van der Waals surface area contributed by atoms with Gasteiger partial charge in [0.1, 0.15) is 5.69 Å². The van der Waals surface area contributed by atoms with Crippen LogP contribution >= 0.6 is 0 Å². The number of rotatable bonds is 2. The van der Waals surface area contributed by atoms with Crippen LogP contribution in [0.25, 0.3) is 21.8 Å². The van der Waals surface area contributed by atoms with Crippen molar-refractivity contribution in [2.45, 2.75) is 19.9 Å². The molecule has 0 saturated heterocycles. The van der Waals surface area contributed by atoms with E-state index in [-0.39, 0.29) is 0 Å². The van der Waals surface area contributed by atoms with Crippen LogP contribution < -0.4 is 0 Å². The van der Waals surface area contributed by atoms with Gasteiger partial charge in [-0.3, -0.25) is 9.78 Å². The van der Waals surface area contributed by atoms with Gasteiger partial charge in [0.05, 0.1) is 11.7 Å². The Morgan fingerprint density at radius 2 is 1.94 bits per heavy atom. The van der Waals surface area contributed by atoms with Gasteiger partial charge in [0.15, 0.2) is 6.29 Å². The molecule has 3 heteroatoms. The lowest BCUT2D eigenvalue weighted by atomic mass is 10.2. The zero-order valence-corrected chi connectivity index (χ0v) is 10.4. The van der Waals surface area contributed by atoms with Crippen molar-refractivity contribution in [3.8, 4) is 0 Å². The average molecular weight is 238 g/mol. The predicted octanol–water partition coefficient (Wildman–Crippen LogP) is 3.58. The van der Waals surface area contributed by atoms with Crippen molar-refractivity contribution in [2.24, 2.45) is 0 Å². The molecule has 0 radical (unpaired) electrons. The van der Waals surface area contributed by atoms with E-state index in [0.29, 0.717) is 11.7 Å². The second-order valence-electron chi connectivity index (χ2n) is 4.73. The van der Waals surface area contributed by atoms with Gasteiger partial charge in [-0.05, 0) is 26.0 Å². The molecule has 0 aliphatic carbocycles. The van der Waals surface area contributed by atoms with Crippen molar-refractivity contribution in [2.75, 3.05) is 0 Å². The summed E-state index contributed by atoms with van der Waals surface area (Å²) in [6.45, 7) is 4.30. The lowest BCUT2D eigenvalue weighted by Crippen LogP contribution is -2.00. The smallest absolute Gasteiger partial charge is 0.168 e. The number of benzene rings is 1. The minimum atomic E-state index is 0.358. The van der Waals surface area contributed by atoms with Crippen LogP contribution in [0.2, 0.25) is 0 Å². The van der Waals surface area contributed by atoms with Gasteiger partial charge >= 0.3 is 0 Å². The van der Waals surface area contributed by atoms with Crippen LogP contribution in [0.3, 0.4) is 0 Å². The first-order chi connectivity index (χ1) is 8.72. The molecule has 0 aliphatic heterocycles. The maximum atomic E-state index is 10.9. The number of hydrogen-bond acceptors (Lipinski definition) is 2. The van der Waals surface area contributed by atoms with Gasteiger partial charge in [-0.2, -0.15) is 0 Å². The molecule has 0 fully saturated rings. The first-order valence-electron chi connectivity index (χ1n) is 6.06. The van der Waals surface area contributed by atoms with Crippen molar-refractivity contribution in [3.05, 3.63) is 42.2 Å². The Bertz CT molecular complexity index is 741. The topological polar surface area (TPSA) is 34.9 Å². The van der Waals surface area contributed by atoms with Gasteiger partial charge in [-0.1, -0.05) is 18.2 Å². The molecule has 18 heavy (non-hydrogen) atoms. The fourth-order valence-electron chi connectivity index (χ4n) is 2.53. The number of hydrogen-bond donors (Lipinski definition) is 0. The van der Waals surface area contributed by atoms with Crippen molar-refractivity contribution < 1.29 is 4.79 Å². The molecule has 0 N–H and O–H groups in total. The molecule has 3 nitrogen and oxygen atoms in total. The lowest BCUT2D eigenvalue weighted by Gasteiger charge is -2.10. The second-order valence-corrected chi connectivity index (χ2v) is 4.73. The standard InChI is InChI=1S/C15H14N2O/c1-10(2)17-14-6-4-3-5-12(14)13-7-11(9-18)16-8-15(13)17/h3-10H,1-2H3. The van der Waals surface area contributed by atoms with Gasteiger partial charge in [0.25, 0.3) is 0 Å². The number of fused-ring (bicyclic) bond motifs is 3. The van der Waals surface area contributed by atoms with Gasteiger partial charge in [0, 0.05) is 22.3 Å². The van der Waals surface area contributed by atoms with E-state index in [1.165, 1.54) is 10.9 Å². The molecule has 3 aromatic rings. The quantitative estimate of drug-likeness (QED) is 0.639. The van der Waals surface area contributed by atoms with Gasteiger partial charge in [-0.25, -0.2) is 0 Å². The SMILES string of the molecule is CC(C)n1c2ccccc2c2cc(C=O)ncc21. The number of carbonyl (C=O) groups is 1. The highest BCUT2D eigenvalue weighted by atomic mass is 16.1. The highest BCUT2D eigenvalue weighted by Gasteiger charge is 2.12. The predicted molar refractivity (Wildman–Crippen MR) is 73.0 cm³/mol. The molecule has 1 aromatic carbocycles. The minimum Gasteiger partial charge on any atom is -0.337 e. The molecular formula is C15H14N2O. The summed E-state index contributed by atoms with van der Waals surface area (Å²) in [4.78, 5) is 15.0. The summed E-state index contributed by atoms with van der Waals surface area (Å²) in [5.74, 6) is 0. The van der Waals surface area contributed by atoms with E-state index in [9.17, 15) is 4.79 Å². The van der Waals surface area contributed by atoms with E-state index < -0.39 is 0 Å². The molecule has 90 valence electrons. The molecule has 0 atom stereocenters. The van der Waals surface area contributed by atoms with E-state index in [4.69, 9.17) is 0 Å². The summed E-state index contributed by atoms with van der Waals surface area (Å²) in [7, 11) is 0. The van der Waals surface area contributed by atoms with Crippen LogP contribution in [-0.4, -0.2) is 15.8 Å². The Labute approximate surface area is 105 Å². The highest BCUT2D eigenvalue weighted by molar-refractivity contribution is 6.08. The zero-order chi connectivity index (χ0) is 12.7. The molecular weight excluding hydrogens is 224 g/mol. The van der Waals surface area contributed by atoms with Crippen LogP contribution in [0, 0.1) is 0 Å². The third kappa shape index (κ3) is 1.44. The average Bonchev–Trinajstić information content (AvgIpc) is 2.72. The fourth-order valence-corrected chi connectivity index (χ4v) is 2.53. The van der Waals surface area contributed by atoms with Crippen molar-refractivity contribution in [1.29, 1.82) is 0 Å². The summed E-state index contributed by atoms with van der Waals surface area (Å²) in [6.07, 6.45) is 2.58. The van der Waals surface area contributed by atoms with Crippen LogP contribution in [0.5, 0.6) is 0 Å². The first kappa shape index (κ1) is 11.0. The van der Waals surface area contributed by atoms with E-state index in [2.05, 4.69) is 35.5 Å². The Morgan fingerprint density at radius 1 is 1.17 bits per heavy atom. The van der Waals surface area contributed by atoms with E-state index >= 15 is 0 Å². The normalized spacial score (nSPS) is 11.5. The van der Waals surface area contributed by atoms with Gasteiger partial charge < -0.3 is 4.57 Å². The summed E-state index contributed by atoms with van der Waals surface area (Å²) in [6, 6.07) is 10.5. The Kier molecular flexibility index (Phi) is 2.40. The summed E-state index contributed by atoms with van der Waals surface area (Å²) in [5.41, 5.74) is 2.75. The van der Waals surface area contributed by atoms with E-state index in [0.717, 1.165) is 17.2 Å². The molecule has 0 amide bonds. The minimum absolute atomic E-state index is 0.358. The number of carbonyl (C=O) groups excluding carboxylic acids is 1. The van der Waals surface area contributed by atoms with Crippen LogP contribution in [-0.2, 0) is 0 Å². The molecule has 2 aromatic heterocycles. The first-order valence-corrected chi connectivity index (χ1v) is 6.06. The molecule has 0 saturated carbocycles.